The smallest absolute Gasteiger partial charge is 0.257 e. The second-order valence-corrected chi connectivity index (χ2v) is 4.17. The topological polar surface area (TPSA) is 33.2 Å². The van der Waals surface area contributed by atoms with Crippen LogP contribution in [-0.4, -0.2) is 28.9 Å². The predicted molar refractivity (Wildman–Crippen MR) is 74.8 cm³/mol. The van der Waals surface area contributed by atoms with E-state index in [-0.39, 0.29) is 11.1 Å². The summed E-state index contributed by atoms with van der Waals surface area (Å²) in [5.74, 6) is -0.114. The van der Waals surface area contributed by atoms with Gasteiger partial charge in [-0.15, -0.1) is 13.2 Å². The third kappa shape index (κ3) is 4.00. The molecule has 1 aromatic rings. The Kier molecular flexibility index (Phi) is 6.15. The SMILES string of the molecule is C=CCCCN(CC=C)C(=O)c1cccnc1Cl. The Labute approximate surface area is 113 Å². The summed E-state index contributed by atoms with van der Waals surface area (Å²) in [6.45, 7) is 8.49. The molecule has 0 bridgehead atoms. The number of rotatable bonds is 7. The molecule has 0 saturated carbocycles. The molecule has 0 unspecified atom stereocenters. The summed E-state index contributed by atoms with van der Waals surface area (Å²) < 4.78 is 0. The van der Waals surface area contributed by atoms with Crippen molar-refractivity contribution in [2.45, 2.75) is 12.8 Å². The summed E-state index contributed by atoms with van der Waals surface area (Å²) in [7, 11) is 0. The second-order valence-electron chi connectivity index (χ2n) is 3.81. The molecule has 0 radical (unpaired) electrons. The van der Waals surface area contributed by atoms with Gasteiger partial charge in [-0.25, -0.2) is 4.98 Å². The Morgan fingerprint density at radius 2 is 2.22 bits per heavy atom. The van der Waals surface area contributed by atoms with Crippen molar-refractivity contribution < 1.29 is 4.79 Å². The zero-order valence-corrected chi connectivity index (χ0v) is 11.1. The van der Waals surface area contributed by atoms with Crippen LogP contribution in [0.2, 0.25) is 5.15 Å². The summed E-state index contributed by atoms with van der Waals surface area (Å²) in [5, 5.41) is 0.236. The average molecular weight is 265 g/mol. The Hall–Kier alpha value is -1.61. The number of amides is 1. The van der Waals surface area contributed by atoms with E-state index in [4.69, 9.17) is 11.6 Å². The van der Waals surface area contributed by atoms with Gasteiger partial charge in [-0.2, -0.15) is 0 Å². The number of hydrogen-bond acceptors (Lipinski definition) is 2. The van der Waals surface area contributed by atoms with Crippen LogP contribution in [0.25, 0.3) is 0 Å². The lowest BCUT2D eigenvalue weighted by atomic mass is 10.2. The minimum Gasteiger partial charge on any atom is -0.335 e. The first-order valence-corrected chi connectivity index (χ1v) is 6.20. The fourth-order valence-electron chi connectivity index (χ4n) is 1.57. The molecule has 1 amide bonds. The number of carbonyl (C=O) groups excluding carboxylic acids is 1. The van der Waals surface area contributed by atoms with E-state index in [2.05, 4.69) is 18.1 Å². The molecule has 0 aliphatic carbocycles. The van der Waals surface area contributed by atoms with Gasteiger partial charge in [-0.1, -0.05) is 23.8 Å². The van der Waals surface area contributed by atoms with Gasteiger partial charge in [-0.3, -0.25) is 4.79 Å². The van der Waals surface area contributed by atoms with Gasteiger partial charge in [0, 0.05) is 19.3 Å². The molecule has 4 heteroatoms. The van der Waals surface area contributed by atoms with Crippen molar-refractivity contribution in [1.29, 1.82) is 0 Å². The number of allylic oxidation sites excluding steroid dienone is 1. The maximum atomic E-state index is 12.3. The fourth-order valence-corrected chi connectivity index (χ4v) is 1.77. The van der Waals surface area contributed by atoms with Crippen LogP contribution in [0.1, 0.15) is 23.2 Å². The predicted octanol–water partition coefficient (Wildman–Crippen LogP) is 3.33. The molecule has 1 heterocycles. The first-order chi connectivity index (χ1) is 8.70. The van der Waals surface area contributed by atoms with E-state index < -0.39 is 0 Å². The van der Waals surface area contributed by atoms with E-state index in [1.807, 2.05) is 6.08 Å². The van der Waals surface area contributed by atoms with Crippen molar-refractivity contribution in [3.05, 3.63) is 54.4 Å². The molecule has 0 N–H and O–H groups in total. The Balaban J connectivity index is 2.78. The third-order valence-electron chi connectivity index (χ3n) is 2.46. The van der Waals surface area contributed by atoms with Crippen molar-refractivity contribution in [2.75, 3.05) is 13.1 Å². The molecule has 0 aliphatic heterocycles. The van der Waals surface area contributed by atoms with Gasteiger partial charge in [0.1, 0.15) is 5.15 Å². The highest BCUT2D eigenvalue weighted by Crippen LogP contribution is 2.14. The molecule has 0 spiro atoms. The number of unbranched alkanes of at least 4 members (excludes halogenated alkanes) is 1. The number of pyridine rings is 1. The van der Waals surface area contributed by atoms with E-state index in [0.29, 0.717) is 18.7 Å². The Morgan fingerprint density at radius 3 is 2.83 bits per heavy atom. The lowest BCUT2D eigenvalue weighted by Crippen LogP contribution is -2.32. The molecule has 0 aliphatic rings. The van der Waals surface area contributed by atoms with Gasteiger partial charge in [-0.05, 0) is 25.0 Å². The van der Waals surface area contributed by atoms with Crippen LogP contribution >= 0.6 is 11.6 Å². The Bertz CT molecular complexity index is 432. The average Bonchev–Trinajstić information content (AvgIpc) is 2.38. The minimum absolute atomic E-state index is 0.114. The summed E-state index contributed by atoms with van der Waals surface area (Å²) in [4.78, 5) is 17.9. The number of aromatic nitrogens is 1. The molecular weight excluding hydrogens is 248 g/mol. The maximum Gasteiger partial charge on any atom is 0.257 e. The standard InChI is InChI=1S/C14H17ClN2O/c1-3-5-6-11-17(10-4-2)14(18)12-8-7-9-16-13(12)15/h3-4,7-9H,1-2,5-6,10-11H2. The second kappa shape index (κ2) is 7.67. The van der Waals surface area contributed by atoms with Crippen LogP contribution in [0.15, 0.2) is 43.6 Å². The van der Waals surface area contributed by atoms with Gasteiger partial charge in [0.15, 0.2) is 0 Å². The van der Waals surface area contributed by atoms with E-state index in [9.17, 15) is 4.79 Å². The van der Waals surface area contributed by atoms with Gasteiger partial charge < -0.3 is 4.90 Å². The molecule has 0 fully saturated rings. The van der Waals surface area contributed by atoms with Crippen molar-refractivity contribution >= 4 is 17.5 Å². The lowest BCUT2D eigenvalue weighted by Gasteiger charge is -2.21. The molecule has 96 valence electrons. The van der Waals surface area contributed by atoms with Crippen molar-refractivity contribution in [3.63, 3.8) is 0 Å². The molecule has 18 heavy (non-hydrogen) atoms. The summed E-state index contributed by atoms with van der Waals surface area (Å²) in [5.41, 5.74) is 0.430. The van der Waals surface area contributed by atoms with E-state index in [1.54, 1.807) is 29.3 Å². The lowest BCUT2D eigenvalue weighted by molar-refractivity contribution is 0.0772. The number of nitrogens with zero attached hydrogens (tertiary/aromatic N) is 2. The third-order valence-corrected chi connectivity index (χ3v) is 2.76. The van der Waals surface area contributed by atoms with Crippen LogP contribution in [0.4, 0.5) is 0 Å². The number of halogens is 1. The van der Waals surface area contributed by atoms with Gasteiger partial charge in [0.05, 0.1) is 5.56 Å². The van der Waals surface area contributed by atoms with Crippen molar-refractivity contribution in [3.8, 4) is 0 Å². The van der Waals surface area contributed by atoms with Crippen molar-refractivity contribution in [2.24, 2.45) is 0 Å². The first kappa shape index (κ1) is 14.5. The fraction of sp³-hybridized carbons (Fsp3) is 0.286. The molecule has 1 aromatic heterocycles. The van der Waals surface area contributed by atoms with Crippen LogP contribution in [0.3, 0.4) is 0 Å². The van der Waals surface area contributed by atoms with Crippen LogP contribution in [0, 0.1) is 0 Å². The molecule has 3 nitrogen and oxygen atoms in total. The van der Waals surface area contributed by atoms with Crippen LogP contribution < -0.4 is 0 Å². The number of carbonyl (C=O) groups is 1. The molecule has 1 rings (SSSR count). The highest BCUT2D eigenvalue weighted by atomic mass is 35.5. The first-order valence-electron chi connectivity index (χ1n) is 5.82. The zero-order chi connectivity index (χ0) is 13.4. The molecular formula is C14H17ClN2O. The van der Waals surface area contributed by atoms with Crippen LogP contribution in [0.5, 0.6) is 0 Å². The summed E-state index contributed by atoms with van der Waals surface area (Å²) in [6.07, 6.45) is 6.86. The summed E-state index contributed by atoms with van der Waals surface area (Å²) in [6, 6.07) is 3.39. The highest BCUT2D eigenvalue weighted by Gasteiger charge is 2.17. The quantitative estimate of drug-likeness (QED) is 0.430. The molecule has 0 saturated heterocycles. The molecule has 0 aromatic carbocycles. The molecule has 0 atom stereocenters. The van der Waals surface area contributed by atoms with E-state index >= 15 is 0 Å². The Morgan fingerprint density at radius 1 is 1.44 bits per heavy atom. The highest BCUT2D eigenvalue weighted by molar-refractivity contribution is 6.32. The summed E-state index contributed by atoms with van der Waals surface area (Å²) >= 11 is 5.92. The zero-order valence-electron chi connectivity index (χ0n) is 10.3. The van der Waals surface area contributed by atoms with E-state index in [1.165, 1.54) is 0 Å². The van der Waals surface area contributed by atoms with Gasteiger partial charge in [0.2, 0.25) is 0 Å². The minimum atomic E-state index is -0.114. The van der Waals surface area contributed by atoms with Crippen molar-refractivity contribution in [1.82, 2.24) is 9.88 Å². The number of hydrogen-bond donors (Lipinski definition) is 0. The van der Waals surface area contributed by atoms with Gasteiger partial charge >= 0.3 is 0 Å². The van der Waals surface area contributed by atoms with E-state index in [0.717, 1.165) is 12.8 Å². The van der Waals surface area contributed by atoms with Crippen LogP contribution in [-0.2, 0) is 0 Å². The monoisotopic (exact) mass is 264 g/mol. The normalized spacial score (nSPS) is 9.83. The maximum absolute atomic E-state index is 12.3. The van der Waals surface area contributed by atoms with Gasteiger partial charge in [0.25, 0.3) is 5.91 Å². The largest absolute Gasteiger partial charge is 0.335 e.